The summed E-state index contributed by atoms with van der Waals surface area (Å²) in [5, 5.41) is 0.351. The summed E-state index contributed by atoms with van der Waals surface area (Å²) in [7, 11) is 1.14. The van der Waals surface area contributed by atoms with E-state index in [4.69, 9.17) is 0 Å². The molecule has 106 valence electrons. The van der Waals surface area contributed by atoms with Crippen LogP contribution in [0.25, 0.3) is 0 Å². The van der Waals surface area contributed by atoms with E-state index in [1.807, 2.05) is 0 Å². The minimum atomic E-state index is -4.84. The van der Waals surface area contributed by atoms with Crippen molar-refractivity contribution in [3.8, 4) is 5.75 Å². The number of alkyl halides is 4. The van der Waals surface area contributed by atoms with Crippen LogP contribution in [0.5, 0.6) is 5.75 Å². The van der Waals surface area contributed by atoms with Gasteiger partial charge in [-0.05, 0) is 28.7 Å². The first-order valence-electron chi connectivity index (χ1n) is 4.83. The third-order valence-corrected chi connectivity index (χ3v) is 3.32. The largest absolute Gasteiger partial charge is 0.573 e. The maximum Gasteiger partial charge on any atom is 0.573 e. The van der Waals surface area contributed by atoms with Gasteiger partial charge in [-0.2, -0.15) is 0 Å². The zero-order chi connectivity index (χ0) is 14.6. The topological polar surface area (TPSA) is 48.4 Å². The molecule has 1 heterocycles. The normalized spacial score (nSPS) is 11.3. The highest BCUT2D eigenvalue weighted by atomic mass is 127. The smallest absolute Gasteiger partial charge is 0.469 e. The van der Waals surface area contributed by atoms with Crippen LogP contribution < -0.4 is 4.74 Å². The first-order chi connectivity index (χ1) is 8.76. The van der Waals surface area contributed by atoms with Crippen molar-refractivity contribution < 1.29 is 27.4 Å². The number of methoxy groups -OCH3 is 1. The summed E-state index contributed by atoms with van der Waals surface area (Å²) in [4.78, 5) is 15.1. The quantitative estimate of drug-likeness (QED) is 0.399. The molecule has 0 N–H and O–H groups in total. The van der Waals surface area contributed by atoms with E-state index in [2.05, 4.69) is 30.4 Å². The minimum absolute atomic E-state index is 0.106. The molecule has 9 heteroatoms. The first-order valence-corrected chi connectivity index (χ1v) is 7.03. The van der Waals surface area contributed by atoms with Gasteiger partial charge in [0.15, 0.2) is 5.75 Å². The van der Waals surface area contributed by atoms with Crippen molar-refractivity contribution in [3.05, 3.63) is 21.0 Å². The van der Waals surface area contributed by atoms with Crippen molar-refractivity contribution in [2.45, 2.75) is 18.1 Å². The van der Waals surface area contributed by atoms with Crippen LogP contribution >= 0.6 is 38.5 Å². The molecule has 0 radical (unpaired) electrons. The van der Waals surface area contributed by atoms with E-state index in [1.54, 1.807) is 22.6 Å². The maximum atomic E-state index is 12.3. The Morgan fingerprint density at radius 1 is 1.53 bits per heavy atom. The number of aromatic nitrogens is 1. The minimum Gasteiger partial charge on any atom is -0.469 e. The molecule has 0 fully saturated rings. The predicted octanol–water partition coefficient (Wildman–Crippen LogP) is 3.20. The molecule has 0 bridgehead atoms. The van der Waals surface area contributed by atoms with Crippen LogP contribution in [0.3, 0.4) is 0 Å². The molecule has 1 aromatic heterocycles. The molecule has 0 unspecified atom stereocenters. The monoisotopic (exact) mass is 453 g/mol. The molecule has 0 atom stereocenters. The van der Waals surface area contributed by atoms with Crippen LogP contribution in [0.4, 0.5) is 13.2 Å². The SMILES string of the molecule is COC(=O)Cc1nc(CBr)cc(I)c1OC(F)(F)F. The number of carbonyl (C=O) groups is 1. The number of esters is 1. The number of pyridine rings is 1. The van der Waals surface area contributed by atoms with Crippen molar-refractivity contribution in [1.82, 2.24) is 4.98 Å². The molecule has 0 aliphatic heterocycles. The average molecular weight is 454 g/mol. The Bertz CT molecular complexity index is 482. The summed E-state index contributed by atoms with van der Waals surface area (Å²) in [5.74, 6) is -1.16. The Morgan fingerprint density at radius 3 is 2.63 bits per heavy atom. The molecule has 1 aromatic rings. The van der Waals surface area contributed by atoms with Gasteiger partial charge in [0, 0.05) is 5.33 Å². The maximum absolute atomic E-state index is 12.3. The molecule has 0 aliphatic carbocycles. The van der Waals surface area contributed by atoms with Gasteiger partial charge < -0.3 is 9.47 Å². The van der Waals surface area contributed by atoms with Crippen LogP contribution in [0, 0.1) is 3.57 Å². The molecular formula is C10H8BrF3INO3. The van der Waals surface area contributed by atoms with Gasteiger partial charge in [0.1, 0.15) is 0 Å². The van der Waals surface area contributed by atoms with Gasteiger partial charge in [0.25, 0.3) is 0 Å². The van der Waals surface area contributed by atoms with Crippen LogP contribution in [0.1, 0.15) is 11.4 Å². The second-order valence-electron chi connectivity index (χ2n) is 3.31. The Hall–Kier alpha value is -0.580. The summed E-state index contributed by atoms with van der Waals surface area (Å²) in [6.07, 6.45) is -5.23. The van der Waals surface area contributed by atoms with Gasteiger partial charge in [-0.25, -0.2) is 0 Å². The lowest BCUT2D eigenvalue weighted by molar-refractivity contribution is -0.275. The Labute approximate surface area is 128 Å². The number of halogens is 5. The van der Waals surface area contributed by atoms with E-state index in [9.17, 15) is 18.0 Å². The zero-order valence-corrected chi connectivity index (χ0v) is 13.3. The van der Waals surface area contributed by atoms with Gasteiger partial charge in [-0.1, -0.05) is 15.9 Å². The summed E-state index contributed by atoms with van der Waals surface area (Å²) >= 11 is 4.85. The first kappa shape index (κ1) is 16.5. The van der Waals surface area contributed by atoms with Crippen molar-refractivity contribution in [1.29, 1.82) is 0 Å². The van der Waals surface area contributed by atoms with Crippen molar-refractivity contribution in [2.75, 3.05) is 7.11 Å². The second kappa shape index (κ2) is 6.73. The summed E-state index contributed by atoms with van der Waals surface area (Å²) in [5.41, 5.74) is 0.392. The molecule has 1 rings (SSSR count). The molecule has 19 heavy (non-hydrogen) atoms. The van der Waals surface area contributed by atoms with Crippen LogP contribution in [0.15, 0.2) is 6.07 Å². The van der Waals surface area contributed by atoms with Crippen LogP contribution in [-0.4, -0.2) is 24.4 Å². The van der Waals surface area contributed by atoms with Crippen molar-refractivity contribution >= 4 is 44.5 Å². The van der Waals surface area contributed by atoms with Gasteiger partial charge in [0.2, 0.25) is 0 Å². The zero-order valence-electron chi connectivity index (χ0n) is 9.55. The Kier molecular flexibility index (Phi) is 5.83. The molecule has 0 spiro atoms. The predicted molar refractivity (Wildman–Crippen MR) is 72.0 cm³/mol. The van der Waals surface area contributed by atoms with Crippen LogP contribution in [-0.2, 0) is 21.3 Å². The lowest BCUT2D eigenvalue weighted by Gasteiger charge is -2.14. The highest BCUT2D eigenvalue weighted by Crippen LogP contribution is 2.31. The highest BCUT2D eigenvalue weighted by Gasteiger charge is 2.34. The lowest BCUT2D eigenvalue weighted by Crippen LogP contribution is -2.20. The van der Waals surface area contributed by atoms with Crippen molar-refractivity contribution in [2.24, 2.45) is 0 Å². The summed E-state index contributed by atoms with van der Waals surface area (Å²) < 4.78 is 45.5. The van der Waals surface area contributed by atoms with E-state index in [0.29, 0.717) is 11.0 Å². The second-order valence-corrected chi connectivity index (χ2v) is 5.03. The average Bonchev–Trinajstić information content (AvgIpc) is 2.31. The van der Waals surface area contributed by atoms with E-state index in [0.717, 1.165) is 7.11 Å². The van der Waals surface area contributed by atoms with Crippen LogP contribution in [0.2, 0.25) is 0 Å². The van der Waals surface area contributed by atoms with E-state index in [-0.39, 0.29) is 9.26 Å². The third-order valence-electron chi connectivity index (χ3n) is 1.95. The van der Waals surface area contributed by atoms with Gasteiger partial charge >= 0.3 is 12.3 Å². The van der Waals surface area contributed by atoms with Gasteiger partial charge in [-0.15, -0.1) is 13.2 Å². The highest BCUT2D eigenvalue weighted by molar-refractivity contribution is 14.1. The number of rotatable bonds is 4. The number of hydrogen-bond donors (Lipinski definition) is 0. The number of ether oxygens (including phenoxy) is 2. The number of nitrogens with zero attached hydrogens (tertiary/aromatic N) is 1. The lowest BCUT2D eigenvalue weighted by atomic mass is 10.2. The Balaban J connectivity index is 3.21. The van der Waals surface area contributed by atoms with E-state index in [1.165, 1.54) is 6.07 Å². The summed E-state index contributed by atoms with van der Waals surface area (Å²) in [6.45, 7) is 0. The summed E-state index contributed by atoms with van der Waals surface area (Å²) in [6, 6.07) is 1.44. The molecule has 4 nitrogen and oxygen atoms in total. The van der Waals surface area contributed by atoms with E-state index >= 15 is 0 Å². The molecule has 0 saturated carbocycles. The third kappa shape index (κ3) is 5.13. The molecular weight excluding hydrogens is 446 g/mol. The Morgan fingerprint density at radius 2 is 2.16 bits per heavy atom. The number of carbonyl (C=O) groups excluding carboxylic acids is 1. The molecule has 0 aliphatic rings. The molecule has 0 saturated heterocycles. The van der Waals surface area contributed by atoms with Crippen molar-refractivity contribution in [3.63, 3.8) is 0 Å². The molecule has 0 amide bonds. The number of hydrogen-bond acceptors (Lipinski definition) is 4. The standard InChI is InChI=1S/C10H8BrF3INO3/c1-18-8(17)3-7-9(19-10(12,13)14)6(15)2-5(4-11)16-7/h2H,3-4H2,1H3. The molecule has 0 aromatic carbocycles. The van der Waals surface area contributed by atoms with E-state index < -0.39 is 24.5 Å². The fourth-order valence-corrected chi connectivity index (χ4v) is 2.29. The fourth-order valence-electron chi connectivity index (χ4n) is 1.23. The van der Waals surface area contributed by atoms with Gasteiger partial charge in [0.05, 0.1) is 28.5 Å². The fraction of sp³-hybridized carbons (Fsp3) is 0.400. The van der Waals surface area contributed by atoms with Gasteiger partial charge in [-0.3, -0.25) is 9.78 Å².